The van der Waals surface area contributed by atoms with E-state index in [-0.39, 0.29) is 5.92 Å². The third kappa shape index (κ3) is 5.27. The fraction of sp³-hybridized carbons (Fsp3) is 0.417. The summed E-state index contributed by atoms with van der Waals surface area (Å²) in [5, 5.41) is 11.7. The molecule has 0 heterocycles. The van der Waals surface area contributed by atoms with E-state index in [1.54, 1.807) is 31.2 Å². The Balaban J connectivity index is 2.72. The summed E-state index contributed by atoms with van der Waals surface area (Å²) in [5.74, 6) is 0.238. The van der Waals surface area contributed by atoms with E-state index in [0.29, 0.717) is 17.9 Å². The number of rotatable bonds is 6. The fourth-order valence-electron chi connectivity index (χ4n) is 1.30. The molecule has 6 nitrogen and oxygen atoms in total. The van der Waals surface area contributed by atoms with Crippen LogP contribution in [0.5, 0.6) is 0 Å². The van der Waals surface area contributed by atoms with E-state index in [1.165, 1.54) is 0 Å². The lowest BCUT2D eigenvalue weighted by atomic mass is 10.1. The molecular formula is C12H19N3O3S. The maximum Gasteiger partial charge on any atom is 0.299 e. The summed E-state index contributed by atoms with van der Waals surface area (Å²) in [6.07, 6.45) is 0. The maximum absolute atomic E-state index is 11.7. The van der Waals surface area contributed by atoms with Gasteiger partial charge in [0.1, 0.15) is 0 Å². The molecule has 0 saturated carbocycles. The van der Waals surface area contributed by atoms with Crippen LogP contribution in [-0.2, 0) is 10.2 Å². The number of nitrogens with one attached hydrogen (secondary N) is 2. The van der Waals surface area contributed by atoms with E-state index in [2.05, 4.69) is 14.6 Å². The topological polar surface area (TPSA) is 90.8 Å². The number of benzene rings is 1. The van der Waals surface area contributed by atoms with Gasteiger partial charge in [0.15, 0.2) is 0 Å². The Morgan fingerprint density at radius 1 is 1.32 bits per heavy atom. The van der Waals surface area contributed by atoms with Crippen molar-refractivity contribution in [3.05, 3.63) is 29.8 Å². The molecule has 0 radical (unpaired) electrons. The molecule has 0 aliphatic carbocycles. The normalized spacial score (nSPS) is 12.7. The van der Waals surface area contributed by atoms with Crippen LogP contribution in [0.15, 0.2) is 29.4 Å². The lowest BCUT2D eigenvalue weighted by Crippen LogP contribution is -2.32. The Kier molecular flexibility index (Phi) is 5.31. The lowest BCUT2D eigenvalue weighted by Gasteiger charge is -2.11. The molecule has 0 aromatic heterocycles. The van der Waals surface area contributed by atoms with Crippen molar-refractivity contribution in [2.24, 2.45) is 11.1 Å². The van der Waals surface area contributed by atoms with Gasteiger partial charge in [-0.05, 0) is 30.5 Å². The maximum atomic E-state index is 11.7. The van der Waals surface area contributed by atoms with E-state index >= 15 is 0 Å². The number of anilines is 1. The minimum Gasteiger partial charge on any atom is -0.411 e. The summed E-state index contributed by atoms with van der Waals surface area (Å²) in [7, 11) is -3.55. The monoisotopic (exact) mass is 285 g/mol. The van der Waals surface area contributed by atoms with E-state index in [9.17, 15) is 8.42 Å². The average molecular weight is 285 g/mol. The SMILES string of the molecule is C/C(=N\O)c1ccc(NS(=O)(=O)NCC(C)C)cc1. The van der Waals surface area contributed by atoms with Gasteiger partial charge in [-0.3, -0.25) is 4.72 Å². The van der Waals surface area contributed by atoms with Gasteiger partial charge >= 0.3 is 0 Å². The molecule has 106 valence electrons. The van der Waals surface area contributed by atoms with Crippen molar-refractivity contribution < 1.29 is 13.6 Å². The number of nitrogens with zero attached hydrogens (tertiary/aromatic N) is 1. The van der Waals surface area contributed by atoms with Crippen LogP contribution in [0.2, 0.25) is 0 Å². The molecule has 0 aliphatic heterocycles. The summed E-state index contributed by atoms with van der Waals surface area (Å²) in [6.45, 7) is 5.88. The summed E-state index contributed by atoms with van der Waals surface area (Å²) in [5.41, 5.74) is 1.64. The van der Waals surface area contributed by atoms with Crippen molar-refractivity contribution in [3.8, 4) is 0 Å². The van der Waals surface area contributed by atoms with Gasteiger partial charge in [-0.25, -0.2) is 0 Å². The predicted octanol–water partition coefficient (Wildman–Crippen LogP) is 1.79. The highest BCUT2D eigenvalue weighted by Gasteiger charge is 2.10. The van der Waals surface area contributed by atoms with Crippen LogP contribution in [0.25, 0.3) is 0 Å². The smallest absolute Gasteiger partial charge is 0.299 e. The third-order valence-corrected chi connectivity index (χ3v) is 3.44. The summed E-state index contributed by atoms with van der Waals surface area (Å²) >= 11 is 0. The lowest BCUT2D eigenvalue weighted by molar-refractivity contribution is 0.319. The molecule has 3 N–H and O–H groups in total. The first-order chi connectivity index (χ1) is 8.84. The summed E-state index contributed by atoms with van der Waals surface area (Å²) in [6, 6.07) is 6.57. The second-order valence-corrected chi connectivity index (χ2v) is 6.11. The molecule has 7 heteroatoms. The average Bonchev–Trinajstić information content (AvgIpc) is 2.36. The molecule has 0 amide bonds. The highest BCUT2D eigenvalue weighted by atomic mass is 32.2. The Morgan fingerprint density at radius 3 is 2.37 bits per heavy atom. The van der Waals surface area contributed by atoms with E-state index < -0.39 is 10.2 Å². The van der Waals surface area contributed by atoms with Crippen LogP contribution in [-0.4, -0.2) is 25.9 Å². The highest BCUT2D eigenvalue weighted by molar-refractivity contribution is 7.90. The first-order valence-corrected chi connectivity index (χ1v) is 7.39. The van der Waals surface area contributed by atoms with E-state index in [0.717, 1.165) is 5.56 Å². The first kappa shape index (κ1) is 15.5. The van der Waals surface area contributed by atoms with Crippen LogP contribution in [0.3, 0.4) is 0 Å². The molecule has 1 aromatic carbocycles. The van der Waals surface area contributed by atoms with Gasteiger partial charge in [-0.2, -0.15) is 13.1 Å². The molecule has 0 aliphatic rings. The Hall–Kier alpha value is -1.60. The van der Waals surface area contributed by atoms with E-state index in [1.807, 2.05) is 13.8 Å². The zero-order valence-electron chi connectivity index (χ0n) is 11.2. The number of hydrogen-bond donors (Lipinski definition) is 3. The Labute approximate surface area is 113 Å². The van der Waals surface area contributed by atoms with Gasteiger partial charge < -0.3 is 5.21 Å². The molecule has 1 aromatic rings. The number of hydrogen-bond acceptors (Lipinski definition) is 4. The largest absolute Gasteiger partial charge is 0.411 e. The summed E-state index contributed by atoms with van der Waals surface area (Å²) < 4.78 is 28.3. The molecule has 0 unspecified atom stereocenters. The van der Waals surface area contributed by atoms with Gasteiger partial charge in [-0.1, -0.05) is 31.1 Å². The molecule has 0 atom stereocenters. The molecular weight excluding hydrogens is 266 g/mol. The number of oxime groups is 1. The highest BCUT2D eigenvalue weighted by Crippen LogP contribution is 2.11. The van der Waals surface area contributed by atoms with Gasteiger partial charge in [0.25, 0.3) is 10.2 Å². The molecule has 0 spiro atoms. The van der Waals surface area contributed by atoms with Crippen molar-refractivity contribution in [1.82, 2.24) is 4.72 Å². The van der Waals surface area contributed by atoms with Crippen LogP contribution in [0.1, 0.15) is 26.3 Å². The van der Waals surface area contributed by atoms with Crippen molar-refractivity contribution in [3.63, 3.8) is 0 Å². The van der Waals surface area contributed by atoms with Crippen molar-refractivity contribution in [1.29, 1.82) is 0 Å². The molecule has 0 bridgehead atoms. The Morgan fingerprint density at radius 2 is 1.89 bits per heavy atom. The third-order valence-electron chi connectivity index (χ3n) is 2.39. The van der Waals surface area contributed by atoms with Gasteiger partial charge in [0.05, 0.1) is 5.71 Å². The first-order valence-electron chi connectivity index (χ1n) is 5.90. The molecule has 0 saturated heterocycles. The zero-order chi connectivity index (χ0) is 14.5. The minimum absolute atomic E-state index is 0.238. The standard InChI is InChI=1S/C12H19N3O3S/c1-9(2)8-13-19(17,18)15-12-6-4-11(5-7-12)10(3)14-16/h4-7,9,13,15-16H,8H2,1-3H3/b14-10+. The second kappa shape index (κ2) is 6.53. The van der Waals surface area contributed by atoms with Crippen LogP contribution in [0.4, 0.5) is 5.69 Å². The molecule has 0 fully saturated rings. The zero-order valence-corrected chi connectivity index (χ0v) is 12.0. The molecule has 1 rings (SSSR count). The molecule has 19 heavy (non-hydrogen) atoms. The quantitative estimate of drug-likeness (QED) is 0.423. The summed E-state index contributed by atoms with van der Waals surface area (Å²) in [4.78, 5) is 0. The minimum atomic E-state index is -3.55. The van der Waals surface area contributed by atoms with Gasteiger partial charge in [0.2, 0.25) is 0 Å². The van der Waals surface area contributed by atoms with Gasteiger partial charge in [-0.15, -0.1) is 0 Å². The second-order valence-electron chi connectivity index (χ2n) is 4.61. The van der Waals surface area contributed by atoms with Crippen LogP contribution in [0, 0.1) is 5.92 Å². The Bertz CT molecular complexity index is 536. The van der Waals surface area contributed by atoms with Crippen molar-refractivity contribution in [2.45, 2.75) is 20.8 Å². The fourth-order valence-corrected chi connectivity index (χ4v) is 2.38. The van der Waals surface area contributed by atoms with Crippen molar-refractivity contribution in [2.75, 3.05) is 11.3 Å². The van der Waals surface area contributed by atoms with Crippen LogP contribution < -0.4 is 9.44 Å². The van der Waals surface area contributed by atoms with Crippen LogP contribution >= 0.6 is 0 Å². The predicted molar refractivity (Wildman–Crippen MR) is 75.8 cm³/mol. The van der Waals surface area contributed by atoms with Crippen molar-refractivity contribution >= 4 is 21.6 Å². The van der Waals surface area contributed by atoms with E-state index in [4.69, 9.17) is 5.21 Å². The van der Waals surface area contributed by atoms with Gasteiger partial charge in [0, 0.05) is 12.2 Å².